The van der Waals surface area contributed by atoms with Crippen LogP contribution in [0.3, 0.4) is 0 Å². The first-order chi connectivity index (χ1) is 34.6. The molecule has 17 heteroatoms. The Hall–Kier alpha value is -3.72. The van der Waals surface area contributed by atoms with Gasteiger partial charge in [0, 0.05) is 52.1 Å². The molecular formula is C56H65NaO12S4. The van der Waals surface area contributed by atoms with Crippen LogP contribution in [0.5, 0.6) is 11.5 Å². The Morgan fingerprint density at radius 1 is 0.589 bits per heavy atom. The minimum absolute atomic E-state index is 0. The van der Waals surface area contributed by atoms with E-state index in [1.807, 2.05) is 61.9 Å². The van der Waals surface area contributed by atoms with Crippen molar-refractivity contribution in [3.8, 4) is 32.4 Å². The maximum absolute atomic E-state index is 12.0. The molecular weight excluding hydrogens is 1020 g/mol. The van der Waals surface area contributed by atoms with E-state index in [1.54, 1.807) is 36.9 Å². The zero-order valence-corrected chi connectivity index (χ0v) is 48.5. The molecule has 2 aliphatic heterocycles. The Morgan fingerprint density at radius 2 is 1.01 bits per heavy atom. The molecule has 6 aromatic rings. The van der Waals surface area contributed by atoms with Gasteiger partial charge in [0.15, 0.2) is 6.10 Å². The smallest absolute Gasteiger partial charge is 0.857 e. The molecule has 0 aliphatic carbocycles. The summed E-state index contributed by atoms with van der Waals surface area (Å²) in [6.07, 6.45) is -0.575. The molecule has 0 amide bonds. The van der Waals surface area contributed by atoms with Crippen LogP contribution in [0.4, 0.5) is 0 Å². The van der Waals surface area contributed by atoms with Crippen molar-refractivity contribution in [2.45, 2.75) is 101 Å². The van der Waals surface area contributed by atoms with Gasteiger partial charge in [-0.05, 0) is 144 Å². The zero-order valence-electron chi connectivity index (χ0n) is 43.2. The Morgan fingerprint density at radius 3 is 1.44 bits per heavy atom. The van der Waals surface area contributed by atoms with E-state index in [9.17, 15) is 24.9 Å². The molecule has 2 aliphatic rings. The fourth-order valence-corrected chi connectivity index (χ4v) is 12.3. The largest absolute Gasteiger partial charge is 1.00 e. The number of aliphatic hydroxyl groups is 3. The molecule has 4 aromatic carbocycles. The quantitative estimate of drug-likeness (QED) is 0.0775. The monoisotopic (exact) mass is 1080 g/mol. The van der Waals surface area contributed by atoms with Gasteiger partial charge < -0.3 is 48.8 Å². The van der Waals surface area contributed by atoms with Crippen LogP contribution in [0.15, 0.2) is 109 Å². The number of rotatable bonds is 14. The topological polar surface area (TPSA) is 173 Å². The summed E-state index contributed by atoms with van der Waals surface area (Å²) in [6.45, 7) is 8.90. The second kappa shape index (κ2) is 28.4. The van der Waals surface area contributed by atoms with Crippen LogP contribution in [0, 0.1) is 19.8 Å². The van der Waals surface area contributed by atoms with E-state index < -0.39 is 59.4 Å². The molecule has 3 N–H and O–H groups in total. The predicted octanol–water partition coefficient (Wildman–Crippen LogP) is 6.73. The minimum atomic E-state index is -1.25. The van der Waals surface area contributed by atoms with Gasteiger partial charge >= 0.3 is 41.5 Å². The summed E-state index contributed by atoms with van der Waals surface area (Å²) < 4.78 is 34.2. The molecule has 386 valence electrons. The molecule has 0 radical (unpaired) electrons. The summed E-state index contributed by atoms with van der Waals surface area (Å²) in [5.41, 5.74) is 7.80. The second-order valence-electron chi connectivity index (χ2n) is 17.5. The first kappa shape index (κ1) is 60.1. The number of carbonyl (C=O) groups excluding carboxylic acids is 2. The van der Waals surface area contributed by atoms with Crippen LogP contribution in [-0.4, -0.2) is 102 Å². The van der Waals surface area contributed by atoms with Crippen LogP contribution < -0.4 is 44.1 Å². The number of aliphatic hydroxyl groups excluding tert-OH is 3. The standard InChI is InChI=1S/C30H34O6S2.C25H28O5S2.CH3O.Na/c1-17-7-8-22(27-18(2)28(34-19(3)31)29(35-20(4)32)30(36-27)37-6)15-23(17)16-25-13-14-26(38-25)21-9-11-24(33-5)12-10-21;1-14-4-5-16(24-22(27)21(26)23(28)25(30-24)31-3)12-17(14)13-19-10-11-20(32-19)15-6-8-18(29-2)9-7-15;1-2;/h7-15,18,27-30H,16H2,1-6H3;4-12,21-28H,13H2,1-3H3;1H3;/q;;-1;+1/t18-,27?,28+,29-,30+;21-,22-,23+,24?,25-;;/m01../s1. The number of aryl methyl sites for hydroxylation is 2. The van der Waals surface area contributed by atoms with E-state index >= 15 is 0 Å². The van der Waals surface area contributed by atoms with Crippen LogP contribution in [0.2, 0.25) is 0 Å². The third kappa shape index (κ3) is 15.2. The molecule has 0 bridgehead atoms. The molecule has 8 rings (SSSR count). The number of ether oxygens (including phenoxy) is 6. The average Bonchev–Trinajstić information content (AvgIpc) is 4.07. The van der Waals surface area contributed by atoms with E-state index in [1.165, 1.54) is 73.6 Å². The average molecular weight is 1080 g/mol. The van der Waals surface area contributed by atoms with Gasteiger partial charge in [0.05, 0.1) is 20.3 Å². The number of methoxy groups -OCH3 is 2. The molecule has 0 saturated carbocycles. The van der Waals surface area contributed by atoms with Gasteiger partial charge in [-0.15, -0.1) is 46.2 Å². The second-order valence-corrected chi connectivity index (χ2v) is 21.7. The Labute approximate surface area is 468 Å². The van der Waals surface area contributed by atoms with Crippen LogP contribution in [0.1, 0.15) is 76.1 Å². The van der Waals surface area contributed by atoms with E-state index in [2.05, 4.69) is 80.6 Å². The maximum atomic E-state index is 12.0. The van der Waals surface area contributed by atoms with Crippen molar-refractivity contribution in [3.05, 3.63) is 152 Å². The Balaban J connectivity index is 0.000000262. The number of hydrogen-bond acceptors (Lipinski definition) is 16. The van der Waals surface area contributed by atoms with Gasteiger partial charge in [-0.25, -0.2) is 0 Å². The first-order valence-electron chi connectivity index (χ1n) is 23.4. The van der Waals surface area contributed by atoms with Crippen molar-refractivity contribution in [3.63, 3.8) is 0 Å². The van der Waals surface area contributed by atoms with Crippen molar-refractivity contribution < 1.29 is 88.0 Å². The molecule has 0 spiro atoms. The van der Waals surface area contributed by atoms with Gasteiger partial charge in [-0.1, -0.05) is 43.3 Å². The van der Waals surface area contributed by atoms with Gasteiger partial charge in [-0.3, -0.25) is 9.59 Å². The number of hydrogen-bond donors (Lipinski definition) is 3. The van der Waals surface area contributed by atoms with Crippen molar-refractivity contribution >= 4 is 58.1 Å². The van der Waals surface area contributed by atoms with Crippen molar-refractivity contribution in [2.24, 2.45) is 5.92 Å². The number of thioether (sulfide) groups is 2. The molecule has 2 fully saturated rings. The summed E-state index contributed by atoms with van der Waals surface area (Å²) in [5.74, 6) is 0.630. The molecule has 2 saturated heterocycles. The molecule has 2 unspecified atom stereocenters. The zero-order chi connectivity index (χ0) is 52.2. The van der Waals surface area contributed by atoms with Crippen LogP contribution in [-0.2, 0) is 41.4 Å². The van der Waals surface area contributed by atoms with E-state index in [4.69, 9.17) is 33.5 Å². The number of carbonyl (C=O) groups is 2. The van der Waals surface area contributed by atoms with E-state index in [-0.39, 0.29) is 41.6 Å². The number of benzene rings is 4. The van der Waals surface area contributed by atoms with E-state index in [0.29, 0.717) is 0 Å². The summed E-state index contributed by atoms with van der Waals surface area (Å²) in [7, 11) is 4.08. The molecule has 4 heterocycles. The fourth-order valence-electron chi connectivity index (χ4n) is 8.80. The normalized spacial score (nSPS) is 23.3. The summed E-state index contributed by atoms with van der Waals surface area (Å²) in [5, 5.41) is 39.2. The summed E-state index contributed by atoms with van der Waals surface area (Å²) >= 11 is 6.30. The first-order valence-corrected chi connectivity index (χ1v) is 27.6. The van der Waals surface area contributed by atoms with Crippen molar-refractivity contribution in [2.75, 3.05) is 33.8 Å². The molecule has 10 atom stereocenters. The maximum Gasteiger partial charge on any atom is 1.00 e. The third-order valence-electron chi connectivity index (χ3n) is 12.7. The van der Waals surface area contributed by atoms with Crippen molar-refractivity contribution in [1.82, 2.24) is 0 Å². The molecule has 73 heavy (non-hydrogen) atoms. The Bertz CT molecular complexity index is 2690. The molecule has 12 nitrogen and oxygen atoms in total. The minimum Gasteiger partial charge on any atom is -0.857 e. The molecule has 2 aromatic heterocycles. The van der Waals surface area contributed by atoms with Gasteiger partial charge in [0.1, 0.15) is 52.9 Å². The number of thiophene rings is 2. The van der Waals surface area contributed by atoms with Gasteiger partial charge in [-0.2, -0.15) is 7.11 Å². The summed E-state index contributed by atoms with van der Waals surface area (Å²) in [6, 6.07) is 37.1. The predicted molar refractivity (Wildman–Crippen MR) is 287 cm³/mol. The third-order valence-corrected chi connectivity index (χ3v) is 16.7. The Kier molecular flexibility index (Phi) is 23.4. The van der Waals surface area contributed by atoms with E-state index in [0.717, 1.165) is 59.3 Å². The van der Waals surface area contributed by atoms with Gasteiger partial charge in [0.25, 0.3) is 0 Å². The van der Waals surface area contributed by atoms with Gasteiger partial charge in [0.2, 0.25) is 0 Å². The summed E-state index contributed by atoms with van der Waals surface area (Å²) in [4.78, 5) is 28.7. The van der Waals surface area contributed by atoms with Crippen LogP contribution in [0.25, 0.3) is 20.9 Å². The number of esters is 2. The fraction of sp³-hybridized carbons (Fsp3) is 0.393. The van der Waals surface area contributed by atoms with Crippen molar-refractivity contribution in [1.29, 1.82) is 0 Å². The SMILES string of the molecule is COc1ccc(-c2ccc(Cc3cc(C4O[C@H](SC)[C@@H](O)[C@H](O)[C@H]4O)ccc3C)s2)cc1.COc1ccc(-c2ccc(Cc3cc(C4O[C@H](SC)[C@@H](OC(C)=O)[C@H](OC(C)=O)[C@H]4C)ccc3C)s2)cc1.C[O-].[Na+]. The van der Waals surface area contributed by atoms with Crippen LogP contribution >= 0.6 is 46.2 Å².